The molecule has 0 radical (unpaired) electrons. The first-order chi connectivity index (χ1) is 8.83. The number of nitrogens with one attached hydrogen (secondary N) is 1. The van der Waals surface area contributed by atoms with Gasteiger partial charge in [-0.3, -0.25) is 0 Å². The molecule has 0 aromatic rings. The van der Waals surface area contributed by atoms with Crippen LogP contribution in [0, 0.1) is 0 Å². The standard InChI is InChI=1S/C16H33NS/c1-3-4-5-6-7-8-11-14-17-15-16(18-2)12-9-10-13-16/h17H,3-15H2,1-2H3. The molecule has 0 heterocycles. The summed E-state index contributed by atoms with van der Waals surface area (Å²) in [6, 6.07) is 0. The summed E-state index contributed by atoms with van der Waals surface area (Å²) in [5.74, 6) is 0. The molecule has 0 aromatic heterocycles. The Hall–Kier alpha value is 0.310. The molecule has 1 saturated carbocycles. The smallest absolute Gasteiger partial charge is 0.0281 e. The Morgan fingerprint density at radius 3 is 2.17 bits per heavy atom. The molecule has 0 aromatic carbocycles. The summed E-state index contributed by atoms with van der Waals surface area (Å²) < 4.78 is 0.584. The van der Waals surface area contributed by atoms with Crippen molar-refractivity contribution in [1.82, 2.24) is 5.32 Å². The van der Waals surface area contributed by atoms with Gasteiger partial charge < -0.3 is 5.32 Å². The summed E-state index contributed by atoms with van der Waals surface area (Å²) in [6.07, 6.45) is 17.9. The highest BCUT2D eigenvalue weighted by Gasteiger charge is 2.32. The Labute approximate surface area is 119 Å². The molecule has 0 bridgehead atoms. The monoisotopic (exact) mass is 271 g/mol. The van der Waals surface area contributed by atoms with E-state index in [0.717, 1.165) is 0 Å². The lowest BCUT2D eigenvalue weighted by molar-refractivity contribution is 0.510. The topological polar surface area (TPSA) is 12.0 Å². The lowest BCUT2D eigenvalue weighted by Crippen LogP contribution is -2.35. The molecule has 0 saturated heterocycles. The minimum atomic E-state index is 0.584. The average Bonchev–Trinajstić information content (AvgIpc) is 2.86. The average molecular weight is 272 g/mol. The van der Waals surface area contributed by atoms with Gasteiger partial charge in [0.05, 0.1) is 0 Å². The zero-order chi connectivity index (χ0) is 13.1. The molecular weight excluding hydrogens is 238 g/mol. The highest BCUT2D eigenvalue weighted by molar-refractivity contribution is 8.00. The first-order valence-corrected chi connectivity index (χ1v) is 9.31. The molecule has 0 atom stereocenters. The van der Waals surface area contributed by atoms with Crippen molar-refractivity contribution in [2.24, 2.45) is 0 Å². The molecule has 1 aliphatic carbocycles. The van der Waals surface area contributed by atoms with Crippen LogP contribution in [0.1, 0.15) is 77.6 Å². The normalized spacial score (nSPS) is 18.3. The van der Waals surface area contributed by atoms with Crippen molar-refractivity contribution >= 4 is 11.8 Å². The molecule has 0 spiro atoms. The van der Waals surface area contributed by atoms with Crippen LogP contribution in [0.25, 0.3) is 0 Å². The van der Waals surface area contributed by atoms with Crippen LogP contribution in [-0.2, 0) is 0 Å². The SMILES string of the molecule is CCCCCCCCCNCC1(SC)CCCC1. The lowest BCUT2D eigenvalue weighted by Gasteiger charge is -2.27. The van der Waals surface area contributed by atoms with Crippen LogP contribution in [0.5, 0.6) is 0 Å². The fraction of sp³-hybridized carbons (Fsp3) is 1.00. The Morgan fingerprint density at radius 2 is 1.56 bits per heavy atom. The van der Waals surface area contributed by atoms with Gasteiger partial charge in [0.25, 0.3) is 0 Å². The number of unbranched alkanes of at least 4 members (excludes halogenated alkanes) is 6. The summed E-state index contributed by atoms with van der Waals surface area (Å²) in [6.45, 7) is 4.76. The number of thioether (sulfide) groups is 1. The third-order valence-electron chi connectivity index (χ3n) is 4.35. The van der Waals surface area contributed by atoms with E-state index < -0.39 is 0 Å². The Bertz CT molecular complexity index is 188. The molecular formula is C16H33NS. The largest absolute Gasteiger partial charge is 0.315 e. The van der Waals surface area contributed by atoms with E-state index in [2.05, 4.69) is 30.3 Å². The van der Waals surface area contributed by atoms with Gasteiger partial charge in [-0.25, -0.2) is 0 Å². The van der Waals surface area contributed by atoms with Crippen LogP contribution >= 0.6 is 11.8 Å². The van der Waals surface area contributed by atoms with Crippen molar-refractivity contribution in [2.75, 3.05) is 19.3 Å². The van der Waals surface area contributed by atoms with Crippen LogP contribution in [-0.4, -0.2) is 24.1 Å². The molecule has 1 rings (SSSR count). The van der Waals surface area contributed by atoms with Crippen molar-refractivity contribution in [3.05, 3.63) is 0 Å². The summed E-state index contributed by atoms with van der Waals surface area (Å²) in [4.78, 5) is 0. The van der Waals surface area contributed by atoms with Gasteiger partial charge in [0.15, 0.2) is 0 Å². The van der Waals surface area contributed by atoms with E-state index in [1.165, 1.54) is 83.7 Å². The van der Waals surface area contributed by atoms with E-state index in [4.69, 9.17) is 0 Å². The van der Waals surface area contributed by atoms with Crippen molar-refractivity contribution in [3.63, 3.8) is 0 Å². The highest BCUT2D eigenvalue weighted by Crippen LogP contribution is 2.39. The predicted octanol–water partition coefficient (Wildman–Crippen LogP) is 5.00. The zero-order valence-corrected chi connectivity index (χ0v) is 13.4. The van der Waals surface area contributed by atoms with Gasteiger partial charge in [0, 0.05) is 11.3 Å². The third-order valence-corrected chi connectivity index (χ3v) is 5.77. The lowest BCUT2D eigenvalue weighted by atomic mass is 10.1. The number of hydrogen-bond donors (Lipinski definition) is 1. The second-order valence-electron chi connectivity index (χ2n) is 5.89. The van der Waals surface area contributed by atoms with Crippen molar-refractivity contribution in [3.8, 4) is 0 Å². The molecule has 1 nitrogen and oxygen atoms in total. The van der Waals surface area contributed by atoms with E-state index in [1.807, 2.05) is 0 Å². The number of hydrogen-bond acceptors (Lipinski definition) is 2. The summed E-state index contributed by atoms with van der Waals surface area (Å²) in [7, 11) is 0. The zero-order valence-electron chi connectivity index (χ0n) is 12.6. The Balaban J connectivity index is 1.89. The molecule has 0 unspecified atom stereocenters. The highest BCUT2D eigenvalue weighted by atomic mass is 32.2. The quantitative estimate of drug-likeness (QED) is 0.531. The second-order valence-corrected chi connectivity index (χ2v) is 7.17. The molecule has 1 aliphatic rings. The fourth-order valence-electron chi connectivity index (χ4n) is 3.00. The van der Waals surface area contributed by atoms with E-state index in [1.54, 1.807) is 0 Å². The van der Waals surface area contributed by atoms with Gasteiger partial charge in [-0.2, -0.15) is 11.8 Å². The van der Waals surface area contributed by atoms with Crippen molar-refractivity contribution in [2.45, 2.75) is 82.3 Å². The molecule has 18 heavy (non-hydrogen) atoms. The summed E-state index contributed by atoms with van der Waals surface area (Å²) in [5, 5.41) is 3.70. The van der Waals surface area contributed by atoms with E-state index in [0.29, 0.717) is 4.75 Å². The van der Waals surface area contributed by atoms with Crippen LogP contribution in [0.3, 0.4) is 0 Å². The molecule has 1 fully saturated rings. The van der Waals surface area contributed by atoms with Gasteiger partial charge >= 0.3 is 0 Å². The molecule has 1 N–H and O–H groups in total. The maximum absolute atomic E-state index is 3.70. The minimum Gasteiger partial charge on any atom is -0.315 e. The summed E-state index contributed by atoms with van der Waals surface area (Å²) >= 11 is 2.09. The fourth-order valence-corrected chi connectivity index (χ4v) is 3.94. The summed E-state index contributed by atoms with van der Waals surface area (Å²) in [5.41, 5.74) is 0. The molecule has 108 valence electrons. The molecule has 0 aliphatic heterocycles. The first-order valence-electron chi connectivity index (χ1n) is 8.09. The van der Waals surface area contributed by atoms with Gasteiger partial charge in [-0.05, 0) is 32.1 Å². The van der Waals surface area contributed by atoms with Gasteiger partial charge in [0.1, 0.15) is 0 Å². The second kappa shape index (κ2) is 10.1. The maximum Gasteiger partial charge on any atom is 0.0281 e. The Morgan fingerprint density at radius 1 is 0.944 bits per heavy atom. The van der Waals surface area contributed by atoms with Crippen LogP contribution in [0.2, 0.25) is 0 Å². The van der Waals surface area contributed by atoms with Crippen LogP contribution in [0.15, 0.2) is 0 Å². The molecule has 2 heteroatoms. The minimum absolute atomic E-state index is 0.584. The van der Waals surface area contributed by atoms with Crippen molar-refractivity contribution < 1.29 is 0 Å². The van der Waals surface area contributed by atoms with E-state index in [9.17, 15) is 0 Å². The van der Waals surface area contributed by atoms with Gasteiger partial charge in [0.2, 0.25) is 0 Å². The maximum atomic E-state index is 3.70. The third kappa shape index (κ3) is 6.47. The van der Waals surface area contributed by atoms with Gasteiger partial charge in [-0.1, -0.05) is 58.3 Å². The van der Waals surface area contributed by atoms with Crippen molar-refractivity contribution in [1.29, 1.82) is 0 Å². The van der Waals surface area contributed by atoms with Crippen LogP contribution < -0.4 is 5.32 Å². The van der Waals surface area contributed by atoms with Gasteiger partial charge in [-0.15, -0.1) is 0 Å². The first kappa shape index (κ1) is 16.4. The van der Waals surface area contributed by atoms with E-state index >= 15 is 0 Å². The van der Waals surface area contributed by atoms with E-state index in [-0.39, 0.29) is 0 Å². The van der Waals surface area contributed by atoms with Crippen LogP contribution in [0.4, 0.5) is 0 Å². The number of rotatable bonds is 11. The molecule has 0 amide bonds. The predicted molar refractivity (Wildman–Crippen MR) is 85.6 cm³/mol. The Kier molecular flexibility index (Phi) is 9.22.